The van der Waals surface area contributed by atoms with Gasteiger partial charge < -0.3 is 20.1 Å². The number of aromatic amines is 1. The van der Waals surface area contributed by atoms with Gasteiger partial charge in [0, 0.05) is 15.9 Å². The maximum atomic E-state index is 12.6. The first kappa shape index (κ1) is 20.3. The van der Waals surface area contributed by atoms with Crippen molar-refractivity contribution in [3.05, 3.63) is 94.1 Å². The average molecular weight is 491 g/mol. The molecule has 0 fully saturated rings. The number of fused-ring (bicyclic) bond motifs is 4. The number of aliphatic carboxylic acids is 1. The molecule has 0 saturated carbocycles. The number of amides is 1. The molecule has 1 atom stereocenters. The van der Waals surface area contributed by atoms with E-state index in [1.807, 2.05) is 54.6 Å². The van der Waals surface area contributed by atoms with E-state index in [1.165, 1.54) is 0 Å². The molecule has 32 heavy (non-hydrogen) atoms. The molecular weight excluding hydrogens is 472 g/mol. The van der Waals surface area contributed by atoms with Gasteiger partial charge in [0.1, 0.15) is 6.61 Å². The van der Waals surface area contributed by atoms with Crippen molar-refractivity contribution in [3.63, 3.8) is 0 Å². The summed E-state index contributed by atoms with van der Waals surface area (Å²) in [6, 6.07) is 22.1. The Labute approximate surface area is 192 Å². The lowest BCUT2D eigenvalue weighted by Gasteiger charge is -2.17. The molecule has 160 valence electrons. The number of ether oxygens (including phenoxy) is 1. The summed E-state index contributed by atoms with van der Waals surface area (Å²) >= 11 is 3.40. The highest BCUT2D eigenvalue weighted by Crippen LogP contribution is 2.44. The van der Waals surface area contributed by atoms with Gasteiger partial charge >= 0.3 is 12.1 Å². The number of rotatable bonds is 5. The highest BCUT2D eigenvalue weighted by molar-refractivity contribution is 9.10. The van der Waals surface area contributed by atoms with E-state index >= 15 is 0 Å². The Kier molecular flexibility index (Phi) is 5.19. The third kappa shape index (κ3) is 3.65. The number of hydrogen-bond donors (Lipinski definition) is 3. The van der Waals surface area contributed by atoms with Gasteiger partial charge in [-0.15, -0.1) is 0 Å². The Morgan fingerprint density at radius 3 is 2.31 bits per heavy atom. The van der Waals surface area contributed by atoms with Gasteiger partial charge in [0.2, 0.25) is 0 Å². The van der Waals surface area contributed by atoms with E-state index in [9.17, 15) is 14.7 Å². The van der Waals surface area contributed by atoms with Crippen molar-refractivity contribution < 1.29 is 19.4 Å². The number of benzene rings is 3. The number of alkyl carbamates (subject to hydrolysis) is 1. The van der Waals surface area contributed by atoms with Gasteiger partial charge in [-0.25, -0.2) is 9.59 Å². The monoisotopic (exact) mass is 490 g/mol. The predicted molar refractivity (Wildman–Crippen MR) is 125 cm³/mol. The fourth-order valence-electron chi connectivity index (χ4n) is 4.31. The van der Waals surface area contributed by atoms with E-state index in [2.05, 4.69) is 38.4 Å². The minimum atomic E-state index is -1.25. The molecule has 0 bridgehead atoms. The van der Waals surface area contributed by atoms with Crippen LogP contribution in [0.15, 0.2) is 77.3 Å². The fraction of sp³-hybridized carbons (Fsp3) is 0.120. The molecule has 3 N–H and O–H groups in total. The summed E-state index contributed by atoms with van der Waals surface area (Å²) in [6.45, 7) is 0.117. The molecule has 0 saturated heterocycles. The molecule has 3 aromatic carbocycles. The van der Waals surface area contributed by atoms with Gasteiger partial charge in [0.05, 0.1) is 5.69 Å². The lowest BCUT2D eigenvalue weighted by Crippen LogP contribution is -2.35. The normalized spacial score (nSPS) is 13.4. The van der Waals surface area contributed by atoms with Gasteiger partial charge in [-0.05, 0) is 45.8 Å². The summed E-state index contributed by atoms with van der Waals surface area (Å²) in [5.41, 5.74) is 5.60. The summed E-state index contributed by atoms with van der Waals surface area (Å²) in [4.78, 5) is 27.5. The molecule has 1 aliphatic carbocycles. The molecular formula is C25H19BrN2O4. The first-order chi connectivity index (χ1) is 15.5. The van der Waals surface area contributed by atoms with Gasteiger partial charge in [-0.3, -0.25) is 0 Å². The summed E-state index contributed by atoms with van der Waals surface area (Å²) < 4.78 is 6.37. The minimum absolute atomic E-state index is 0.0955. The predicted octanol–water partition coefficient (Wildman–Crippen LogP) is 5.59. The minimum Gasteiger partial charge on any atom is -0.479 e. The van der Waals surface area contributed by atoms with Crippen molar-refractivity contribution in [1.82, 2.24) is 10.3 Å². The molecule has 7 heteroatoms. The van der Waals surface area contributed by atoms with Crippen LogP contribution in [0.1, 0.15) is 28.8 Å². The quantitative estimate of drug-likeness (QED) is 0.339. The molecule has 5 rings (SSSR count). The highest BCUT2D eigenvalue weighted by atomic mass is 79.9. The third-order valence-electron chi connectivity index (χ3n) is 5.77. The second-order valence-electron chi connectivity index (χ2n) is 7.70. The highest BCUT2D eigenvalue weighted by Gasteiger charge is 2.30. The van der Waals surface area contributed by atoms with Crippen molar-refractivity contribution in [3.8, 4) is 11.1 Å². The Morgan fingerprint density at radius 1 is 1.00 bits per heavy atom. The van der Waals surface area contributed by atoms with Crippen molar-refractivity contribution in [2.24, 2.45) is 0 Å². The van der Waals surface area contributed by atoms with Gasteiger partial charge in [0.15, 0.2) is 6.04 Å². The molecule has 1 amide bonds. The number of H-pyrrole nitrogens is 1. The molecule has 0 aliphatic heterocycles. The summed E-state index contributed by atoms with van der Waals surface area (Å²) in [7, 11) is 0. The maximum absolute atomic E-state index is 12.6. The van der Waals surface area contributed by atoms with Crippen molar-refractivity contribution in [2.75, 3.05) is 6.61 Å². The number of carbonyl (C=O) groups is 2. The lowest BCUT2D eigenvalue weighted by molar-refractivity contribution is -0.139. The van der Waals surface area contributed by atoms with Crippen LogP contribution < -0.4 is 5.32 Å². The van der Waals surface area contributed by atoms with Crippen molar-refractivity contribution in [1.29, 1.82) is 0 Å². The van der Waals surface area contributed by atoms with Crippen LogP contribution in [0.4, 0.5) is 4.79 Å². The molecule has 1 aromatic heterocycles. The van der Waals surface area contributed by atoms with E-state index in [0.717, 1.165) is 37.6 Å². The number of carboxylic acid groups (broad SMARTS) is 1. The summed E-state index contributed by atoms with van der Waals surface area (Å²) in [5, 5.41) is 13.0. The molecule has 0 radical (unpaired) electrons. The number of carboxylic acids is 1. The van der Waals surface area contributed by atoms with Crippen molar-refractivity contribution >= 4 is 38.9 Å². The zero-order valence-corrected chi connectivity index (χ0v) is 18.4. The van der Waals surface area contributed by atoms with Crippen LogP contribution in [0.5, 0.6) is 0 Å². The maximum Gasteiger partial charge on any atom is 0.408 e. The van der Waals surface area contributed by atoms with E-state index in [-0.39, 0.29) is 12.5 Å². The second kappa shape index (κ2) is 8.16. The van der Waals surface area contributed by atoms with Gasteiger partial charge in [0.25, 0.3) is 0 Å². The van der Waals surface area contributed by atoms with Crippen LogP contribution in [0.2, 0.25) is 0 Å². The molecule has 1 heterocycles. The standard InChI is InChI=1S/C25H19BrN2O4/c26-15-10-9-14-11-22(27-21(14)12-15)23(24(29)30)28-25(31)32-13-20-18-7-3-1-5-16(18)17-6-2-4-8-19(17)20/h1-12,20,23,27H,13H2,(H,28,31)(H,29,30). The van der Waals surface area contributed by atoms with E-state index < -0.39 is 18.1 Å². The van der Waals surface area contributed by atoms with E-state index in [4.69, 9.17) is 4.74 Å². The lowest BCUT2D eigenvalue weighted by atomic mass is 9.98. The molecule has 1 aliphatic rings. The van der Waals surface area contributed by atoms with Crippen molar-refractivity contribution in [2.45, 2.75) is 12.0 Å². The second-order valence-corrected chi connectivity index (χ2v) is 8.61. The van der Waals surface area contributed by atoms with Gasteiger partial charge in [-0.2, -0.15) is 0 Å². The Morgan fingerprint density at radius 2 is 1.66 bits per heavy atom. The van der Waals surface area contributed by atoms with Crippen LogP contribution in [0, 0.1) is 0 Å². The Hall–Kier alpha value is -3.58. The first-order valence-corrected chi connectivity index (χ1v) is 10.9. The molecule has 0 spiro atoms. The summed E-state index contributed by atoms with van der Waals surface area (Å²) in [5.74, 6) is -1.27. The largest absolute Gasteiger partial charge is 0.479 e. The molecule has 6 nitrogen and oxygen atoms in total. The number of hydrogen-bond acceptors (Lipinski definition) is 3. The number of carbonyl (C=O) groups excluding carboxylic acids is 1. The molecule has 1 unspecified atom stereocenters. The zero-order chi connectivity index (χ0) is 22.2. The number of nitrogens with one attached hydrogen (secondary N) is 2. The summed E-state index contributed by atoms with van der Waals surface area (Å²) in [6.07, 6.45) is -0.779. The van der Waals surface area contributed by atoms with E-state index in [0.29, 0.717) is 5.69 Å². The molecule has 4 aromatic rings. The topological polar surface area (TPSA) is 91.4 Å². The average Bonchev–Trinajstić information content (AvgIpc) is 3.34. The third-order valence-corrected chi connectivity index (χ3v) is 6.26. The van der Waals surface area contributed by atoms with Crippen LogP contribution in [-0.2, 0) is 9.53 Å². The first-order valence-electron chi connectivity index (χ1n) is 10.1. The number of aromatic nitrogens is 1. The van der Waals surface area contributed by atoms with Crippen LogP contribution in [0.3, 0.4) is 0 Å². The van der Waals surface area contributed by atoms with E-state index in [1.54, 1.807) is 6.07 Å². The van der Waals surface area contributed by atoms with Crippen LogP contribution >= 0.6 is 15.9 Å². The Balaban J connectivity index is 1.33. The SMILES string of the molecule is O=C(NC(C(=O)O)c1cc2ccc(Br)cc2[nH]1)OCC1c2ccccc2-c2ccccc21. The fourth-order valence-corrected chi connectivity index (χ4v) is 4.67. The zero-order valence-electron chi connectivity index (χ0n) is 16.8. The van der Waals surface area contributed by atoms with Crippen LogP contribution in [0.25, 0.3) is 22.0 Å². The van der Waals surface area contributed by atoms with Gasteiger partial charge in [-0.1, -0.05) is 70.5 Å². The van der Waals surface area contributed by atoms with Crippen LogP contribution in [-0.4, -0.2) is 28.8 Å². The smallest absolute Gasteiger partial charge is 0.408 e. The number of halogens is 1. The Bertz CT molecular complexity index is 1300.